The van der Waals surface area contributed by atoms with E-state index >= 15 is 0 Å². The van der Waals surface area contributed by atoms with E-state index in [4.69, 9.17) is 4.74 Å². The Bertz CT molecular complexity index is 956. The summed E-state index contributed by atoms with van der Waals surface area (Å²) < 4.78 is 7.41. The highest BCUT2D eigenvalue weighted by Gasteiger charge is 2.54. The molecule has 0 aliphatic carbocycles. The van der Waals surface area contributed by atoms with Gasteiger partial charge in [0.1, 0.15) is 5.69 Å². The van der Waals surface area contributed by atoms with Crippen molar-refractivity contribution in [3.63, 3.8) is 0 Å². The number of esters is 1. The Labute approximate surface area is 184 Å². The van der Waals surface area contributed by atoms with Crippen molar-refractivity contribution < 1.29 is 14.3 Å². The predicted octanol–water partition coefficient (Wildman–Crippen LogP) is 2.65. The van der Waals surface area contributed by atoms with Crippen LogP contribution in [0.15, 0.2) is 36.5 Å². The third-order valence-electron chi connectivity index (χ3n) is 6.72. The predicted molar refractivity (Wildman–Crippen MR) is 117 cm³/mol. The number of fused-ring (bicyclic) bond motifs is 1. The van der Waals surface area contributed by atoms with Gasteiger partial charge in [-0.1, -0.05) is 6.07 Å². The number of hydrogen-bond donors (Lipinski definition) is 0. The molecule has 2 atom stereocenters. The normalized spacial score (nSPS) is 24.0. The zero-order valence-corrected chi connectivity index (χ0v) is 18.7. The Hall–Kier alpha value is -2.67. The van der Waals surface area contributed by atoms with Gasteiger partial charge in [-0.25, -0.2) is 0 Å². The van der Waals surface area contributed by atoms with Gasteiger partial charge in [0, 0.05) is 57.6 Å². The molecule has 0 saturated carbocycles. The van der Waals surface area contributed by atoms with Gasteiger partial charge in [-0.05, 0) is 51.0 Å². The SMILES string of the molecule is CCOC(=O)[C@@]12CCCN(C(=O)c3cccn3C)C[C@@H]1CN(Cc1cccc(C)n1)C2. The minimum absolute atomic E-state index is 0.0333. The molecule has 2 fully saturated rings. The average molecular weight is 425 g/mol. The summed E-state index contributed by atoms with van der Waals surface area (Å²) in [5.41, 5.74) is 2.11. The van der Waals surface area contributed by atoms with E-state index in [1.165, 1.54) is 0 Å². The fraction of sp³-hybridized carbons (Fsp3) is 0.542. The van der Waals surface area contributed by atoms with Crippen LogP contribution in [0.1, 0.15) is 41.6 Å². The second-order valence-electron chi connectivity index (χ2n) is 8.87. The molecule has 166 valence electrons. The zero-order chi connectivity index (χ0) is 22.0. The molecule has 4 heterocycles. The number of hydrogen-bond acceptors (Lipinski definition) is 5. The van der Waals surface area contributed by atoms with Crippen LogP contribution in [-0.4, -0.2) is 64.0 Å². The largest absolute Gasteiger partial charge is 0.466 e. The Morgan fingerprint density at radius 1 is 1.23 bits per heavy atom. The lowest BCUT2D eigenvalue weighted by atomic mass is 9.75. The van der Waals surface area contributed by atoms with Crippen molar-refractivity contribution in [1.82, 2.24) is 19.4 Å². The van der Waals surface area contributed by atoms with Crippen molar-refractivity contribution in [1.29, 1.82) is 0 Å². The molecule has 2 saturated heterocycles. The number of ether oxygens (including phenoxy) is 1. The van der Waals surface area contributed by atoms with Gasteiger partial charge < -0.3 is 14.2 Å². The molecule has 0 aromatic carbocycles. The molecule has 2 aliphatic rings. The number of amides is 1. The summed E-state index contributed by atoms with van der Waals surface area (Å²) >= 11 is 0. The highest BCUT2D eigenvalue weighted by Crippen LogP contribution is 2.44. The highest BCUT2D eigenvalue weighted by molar-refractivity contribution is 5.93. The highest BCUT2D eigenvalue weighted by atomic mass is 16.5. The van der Waals surface area contributed by atoms with Crippen molar-refractivity contribution in [3.8, 4) is 0 Å². The molecule has 4 rings (SSSR count). The first-order valence-electron chi connectivity index (χ1n) is 11.2. The molecule has 0 spiro atoms. The van der Waals surface area contributed by atoms with Crippen molar-refractivity contribution >= 4 is 11.9 Å². The lowest BCUT2D eigenvalue weighted by Gasteiger charge is -2.31. The number of carbonyl (C=O) groups is 2. The number of carbonyl (C=O) groups excluding carboxylic acids is 2. The van der Waals surface area contributed by atoms with Gasteiger partial charge in [0.25, 0.3) is 5.91 Å². The van der Waals surface area contributed by atoms with Crippen LogP contribution in [0.4, 0.5) is 0 Å². The topological polar surface area (TPSA) is 67.7 Å². The van der Waals surface area contributed by atoms with Crippen molar-refractivity contribution in [2.75, 3.05) is 32.8 Å². The van der Waals surface area contributed by atoms with Crippen LogP contribution >= 0.6 is 0 Å². The number of aromatic nitrogens is 2. The van der Waals surface area contributed by atoms with E-state index in [2.05, 4.69) is 9.88 Å². The van der Waals surface area contributed by atoms with Gasteiger partial charge in [0.2, 0.25) is 0 Å². The lowest BCUT2D eigenvalue weighted by molar-refractivity contribution is -0.157. The average Bonchev–Trinajstić information content (AvgIpc) is 3.26. The standard InChI is InChI=1S/C24H32N4O3/c1-4-31-23(30)24-11-7-13-28(22(29)21-10-6-12-26(21)3)15-19(24)14-27(17-24)16-20-9-5-8-18(2)25-20/h5-6,8-10,12,19H,4,7,11,13-17H2,1-3H3/t19-,24+/m0/s1. The number of rotatable bonds is 5. The molecule has 31 heavy (non-hydrogen) atoms. The summed E-state index contributed by atoms with van der Waals surface area (Å²) in [7, 11) is 1.89. The smallest absolute Gasteiger partial charge is 0.313 e. The maximum Gasteiger partial charge on any atom is 0.313 e. The van der Waals surface area contributed by atoms with E-state index in [0.29, 0.717) is 38.5 Å². The van der Waals surface area contributed by atoms with Crippen molar-refractivity contribution in [2.45, 2.75) is 33.2 Å². The van der Waals surface area contributed by atoms with E-state index in [1.807, 2.05) is 66.9 Å². The van der Waals surface area contributed by atoms with Crippen LogP contribution in [-0.2, 0) is 23.1 Å². The van der Waals surface area contributed by atoms with Gasteiger partial charge in [0.05, 0.1) is 17.7 Å². The first-order valence-corrected chi connectivity index (χ1v) is 11.2. The Morgan fingerprint density at radius 3 is 2.77 bits per heavy atom. The molecule has 2 aromatic rings. The third kappa shape index (κ3) is 4.24. The van der Waals surface area contributed by atoms with Crippen molar-refractivity contribution in [2.24, 2.45) is 18.4 Å². The minimum atomic E-state index is -0.566. The van der Waals surface area contributed by atoms with Gasteiger partial charge in [0.15, 0.2) is 0 Å². The van der Waals surface area contributed by atoms with E-state index in [9.17, 15) is 9.59 Å². The zero-order valence-electron chi connectivity index (χ0n) is 18.7. The summed E-state index contributed by atoms with van der Waals surface area (Å²) in [5, 5.41) is 0. The molecule has 0 unspecified atom stereocenters. The maximum absolute atomic E-state index is 13.2. The van der Waals surface area contributed by atoms with E-state index in [0.717, 1.165) is 30.8 Å². The van der Waals surface area contributed by atoms with Crippen LogP contribution in [0.25, 0.3) is 0 Å². The molecular weight excluding hydrogens is 392 g/mol. The molecular formula is C24H32N4O3. The Balaban J connectivity index is 1.58. The maximum atomic E-state index is 13.2. The van der Waals surface area contributed by atoms with E-state index in [-0.39, 0.29) is 17.8 Å². The number of pyridine rings is 1. The van der Waals surface area contributed by atoms with Crippen LogP contribution in [0.3, 0.4) is 0 Å². The van der Waals surface area contributed by atoms with Crippen LogP contribution in [0.5, 0.6) is 0 Å². The summed E-state index contributed by atoms with van der Waals surface area (Å²) in [5.74, 6) is -0.0399. The van der Waals surface area contributed by atoms with Crippen molar-refractivity contribution in [3.05, 3.63) is 53.6 Å². The molecule has 1 amide bonds. The number of likely N-dealkylation sites (tertiary alicyclic amines) is 2. The molecule has 0 radical (unpaired) electrons. The summed E-state index contributed by atoms with van der Waals surface area (Å²) in [4.78, 5) is 35.3. The monoisotopic (exact) mass is 424 g/mol. The van der Waals surface area contributed by atoms with E-state index in [1.54, 1.807) is 0 Å². The summed E-state index contributed by atoms with van der Waals surface area (Å²) in [6.45, 7) is 7.56. The first kappa shape index (κ1) is 21.6. The van der Waals surface area contributed by atoms with Gasteiger partial charge in [-0.2, -0.15) is 0 Å². The molecule has 7 heteroatoms. The fourth-order valence-electron chi connectivity index (χ4n) is 5.21. The third-order valence-corrected chi connectivity index (χ3v) is 6.72. The molecule has 0 N–H and O–H groups in total. The second kappa shape index (κ2) is 8.83. The quantitative estimate of drug-likeness (QED) is 0.691. The number of aryl methyl sites for hydroxylation is 2. The Morgan fingerprint density at radius 2 is 2.06 bits per heavy atom. The second-order valence-corrected chi connectivity index (χ2v) is 8.87. The van der Waals surface area contributed by atoms with Crippen LogP contribution in [0.2, 0.25) is 0 Å². The minimum Gasteiger partial charge on any atom is -0.466 e. The summed E-state index contributed by atoms with van der Waals surface area (Å²) in [6.07, 6.45) is 3.42. The lowest BCUT2D eigenvalue weighted by Crippen LogP contribution is -2.43. The van der Waals surface area contributed by atoms with Gasteiger partial charge in [-0.3, -0.25) is 19.5 Å². The van der Waals surface area contributed by atoms with Crippen LogP contribution < -0.4 is 0 Å². The first-order chi connectivity index (χ1) is 14.9. The van der Waals surface area contributed by atoms with E-state index < -0.39 is 5.41 Å². The fourth-order valence-corrected chi connectivity index (χ4v) is 5.21. The molecule has 0 bridgehead atoms. The Kier molecular flexibility index (Phi) is 6.14. The molecule has 2 aromatic heterocycles. The van der Waals surface area contributed by atoms with Crippen LogP contribution in [0, 0.1) is 18.3 Å². The number of nitrogens with zero attached hydrogens (tertiary/aromatic N) is 4. The molecule has 2 aliphatic heterocycles. The summed E-state index contributed by atoms with van der Waals surface area (Å²) in [6, 6.07) is 9.79. The van der Waals surface area contributed by atoms with Gasteiger partial charge in [-0.15, -0.1) is 0 Å². The molecule has 7 nitrogen and oxygen atoms in total. The van der Waals surface area contributed by atoms with Gasteiger partial charge >= 0.3 is 5.97 Å².